The Hall–Kier alpha value is -2.74. The summed E-state index contributed by atoms with van der Waals surface area (Å²) in [5.41, 5.74) is -0.119. The number of alkyl halides is 3. The molecule has 0 heterocycles. The molecule has 2 aromatic rings. The minimum atomic E-state index is -4.53. The number of hydrogen-bond acceptors (Lipinski definition) is 4. The van der Waals surface area contributed by atoms with Gasteiger partial charge in [0.1, 0.15) is 17.6 Å². The maximum Gasteiger partial charge on any atom is 0.416 e. The number of carbonyl (C=O) groups is 1. The van der Waals surface area contributed by atoms with Crippen LogP contribution in [0.15, 0.2) is 42.5 Å². The maximum absolute atomic E-state index is 13.0. The van der Waals surface area contributed by atoms with Gasteiger partial charge in [0.15, 0.2) is 0 Å². The highest BCUT2D eigenvalue weighted by Gasteiger charge is 2.31. The Labute approximate surface area is 167 Å². The number of nitrogens with one attached hydrogen (secondary N) is 1. The third-order valence-electron chi connectivity index (χ3n) is 4.03. The highest BCUT2D eigenvalue weighted by atomic mass is 19.4. The molecule has 1 amide bonds. The number of rotatable bonds is 9. The van der Waals surface area contributed by atoms with Gasteiger partial charge >= 0.3 is 6.18 Å². The zero-order valence-corrected chi connectivity index (χ0v) is 16.5. The largest absolute Gasteiger partial charge is 0.497 e. The van der Waals surface area contributed by atoms with Gasteiger partial charge in [0.2, 0.25) is 0 Å². The van der Waals surface area contributed by atoms with Crippen molar-refractivity contribution < 1.29 is 32.2 Å². The molecule has 0 saturated carbocycles. The van der Waals surface area contributed by atoms with Gasteiger partial charge in [-0.1, -0.05) is 19.1 Å². The molecule has 1 N–H and O–H groups in total. The predicted molar refractivity (Wildman–Crippen MR) is 103 cm³/mol. The number of carbonyl (C=O) groups excluding carboxylic acids is 1. The van der Waals surface area contributed by atoms with E-state index >= 15 is 0 Å². The number of methoxy groups -OCH3 is 1. The minimum absolute atomic E-state index is 0.0462. The molecule has 0 spiro atoms. The van der Waals surface area contributed by atoms with Crippen molar-refractivity contribution in [2.75, 3.05) is 19.0 Å². The Morgan fingerprint density at radius 1 is 1.17 bits per heavy atom. The van der Waals surface area contributed by atoms with E-state index in [1.54, 1.807) is 25.3 Å². The molecule has 5 nitrogen and oxygen atoms in total. The van der Waals surface area contributed by atoms with Crippen molar-refractivity contribution in [3.63, 3.8) is 0 Å². The summed E-state index contributed by atoms with van der Waals surface area (Å²) in [5, 5.41) is 2.48. The third kappa shape index (κ3) is 6.67. The normalized spacial score (nSPS) is 12.3. The Morgan fingerprint density at radius 2 is 1.93 bits per heavy atom. The van der Waals surface area contributed by atoms with E-state index < -0.39 is 23.8 Å². The number of benzene rings is 2. The van der Waals surface area contributed by atoms with E-state index in [0.29, 0.717) is 18.8 Å². The lowest BCUT2D eigenvalue weighted by Gasteiger charge is -2.18. The molecular weight excluding hydrogens is 387 g/mol. The van der Waals surface area contributed by atoms with Gasteiger partial charge in [0, 0.05) is 0 Å². The first-order chi connectivity index (χ1) is 13.7. The van der Waals surface area contributed by atoms with Crippen LogP contribution < -0.4 is 14.8 Å². The first kappa shape index (κ1) is 22.5. The molecule has 158 valence electrons. The van der Waals surface area contributed by atoms with Crippen LogP contribution in [0.4, 0.5) is 18.9 Å². The zero-order chi connectivity index (χ0) is 21.4. The average Bonchev–Trinajstić information content (AvgIpc) is 2.70. The lowest BCUT2D eigenvalue weighted by molar-refractivity contribution is -0.137. The number of hydrogen-bond donors (Lipinski definition) is 1. The van der Waals surface area contributed by atoms with E-state index in [2.05, 4.69) is 5.32 Å². The van der Waals surface area contributed by atoms with Crippen LogP contribution in [0.2, 0.25) is 0 Å². The Kier molecular flexibility index (Phi) is 7.90. The Balaban J connectivity index is 2.08. The molecule has 0 aromatic heterocycles. The summed E-state index contributed by atoms with van der Waals surface area (Å²) >= 11 is 0. The number of anilines is 1. The van der Waals surface area contributed by atoms with Gasteiger partial charge in [-0.2, -0.15) is 13.2 Å². The smallest absolute Gasteiger partial charge is 0.416 e. The SMILES string of the molecule is CCCOc1ccc(C(F)(F)F)cc1NC(=O)C(C)OCc1cccc(OC)c1. The van der Waals surface area contributed by atoms with Gasteiger partial charge in [-0.15, -0.1) is 0 Å². The molecule has 1 unspecified atom stereocenters. The van der Waals surface area contributed by atoms with Gasteiger partial charge in [-0.05, 0) is 49.2 Å². The number of halogens is 3. The second kappa shape index (κ2) is 10.2. The molecule has 0 bridgehead atoms. The first-order valence-electron chi connectivity index (χ1n) is 9.14. The van der Waals surface area contributed by atoms with Crippen LogP contribution in [-0.4, -0.2) is 25.7 Å². The van der Waals surface area contributed by atoms with E-state index in [4.69, 9.17) is 14.2 Å². The second-order valence-corrected chi connectivity index (χ2v) is 6.35. The molecule has 0 aliphatic carbocycles. The number of ether oxygens (including phenoxy) is 3. The fraction of sp³-hybridized carbons (Fsp3) is 0.381. The summed E-state index contributed by atoms with van der Waals surface area (Å²) in [6.45, 7) is 3.86. The highest BCUT2D eigenvalue weighted by molar-refractivity contribution is 5.95. The van der Waals surface area contributed by atoms with E-state index in [9.17, 15) is 18.0 Å². The van der Waals surface area contributed by atoms with Crippen molar-refractivity contribution in [1.82, 2.24) is 0 Å². The molecule has 8 heteroatoms. The molecule has 0 aliphatic rings. The molecule has 0 fully saturated rings. The van der Waals surface area contributed by atoms with Crippen molar-refractivity contribution in [2.45, 2.75) is 39.2 Å². The molecule has 2 rings (SSSR count). The van der Waals surface area contributed by atoms with E-state index in [0.717, 1.165) is 17.7 Å². The zero-order valence-electron chi connectivity index (χ0n) is 16.5. The monoisotopic (exact) mass is 411 g/mol. The third-order valence-corrected chi connectivity index (χ3v) is 4.03. The van der Waals surface area contributed by atoms with Crippen LogP contribution in [0, 0.1) is 0 Å². The Bertz CT molecular complexity index is 824. The van der Waals surface area contributed by atoms with Crippen molar-refractivity contribution in [2.24, 2.45) is 0 Å². The lowest BCUT2D eigenvalue weighted by atomic mass is 10.1. The molecule has 29 heavy (non-hydrogen) atoms. The van der Waals surface area contributed by atoms with Crippen LogP contribution in [0.1, 0.15) is 31.4 Å². The molecule has 0 radical (unpaired) electrons. The van der Waals surface area contributed by atoms with Gasteiger partial charge in [0.25, 0.3) is 5.91 Å². The molecule has 0 aliphatic heterocycles. The molecular formula is C21H24F3NO4. The second-order valence-electron chi connectivity index (χ2n) is 6.35. The van der Waals surface area contributed by atoms with Gasteiger partial charge in [-0.3, -0.25) is 4.79 Å². The minimum Gasteiger partial charge on any atom is -0.497 e. The van der Waals surface area contributed by atoms with E-state index in [-0.39, 0.29) is 18.0 Å². The van der Waals surface area contributed by atoms with E-state index in [1.165, 1.54) is 13.0 Å². The van der Waals surface area contributed by atoms with Gasteiger partial charge in [0.05, 0.1) is 31.6 Å². The number of amides is 1. The van der Waals surface area contributed by atoms with Gasteiger partial charge < -0.3 is 19.5 Å². The van der Waals surface area contributed by atoms with Crippen LogP contribution in [0.5, 0.6) is 11.5 Å². The summed E-state index contributed by atoms with van der Waals surface area (Å²) in [6, 6.07) is 10.1. The topological polar surface area (TPSA) is 56.8 Å². The fourth-order valence-electron chi connectivity index (χ4n) is 2.44. The van der Waals surface area contributed by atoms with Crippen LogP contribution >= 0.6 is 0 Å². The van der Waals surface area contributed by atoms with Gasteiger partial charge in [-0.25, -0.2) is 0 Å². The predicted octanol–water partition coefficient (Wildman–Crippen LogP) is 5.05. The summed E-state index contributed by atoms with van der Waals surface area (Å²) in [6.07, 6.45) is -4.75. The summed E-state index contributed by atoms with van der Waals surface area (Å²) in [4.78, 5) is 12.4. The van der Waals surface area contributed by atoms with Crippen molar-refractivity contribution in [3.05, 3.63) is 53.6 Å². The van der Waals surface area contributed by atoms with Crippen LogP contribution in [0.3, 0.4) is 0 Å². The highest BCUT2D eigenvalue weighted by Crippen LogP contribution is 2.35. The molecule has 0 saturated heterocycles. The summed E-state index contributed by atoms with van der Waals surface area (Å²) in [5.74, 6) is 0.256. The quantitative estimate of drug-likeness (QED) is 0.628. The fourth-order valence-corrected chi connectivity index (χ4v) is 2.44. The molecule has 1 atom stereocenters. The standard InChI is InChI=1S/C21H24F3NO4/c1-4-10-28-19-9-8-16(21(22,23)24)12-18(19)25-20(26)14(2)29-13-15-6-5-7-17(11-15)27-3/h5-9,11-12,14H,4,10,13H2,1-3H3,(H,25,26). The lowest BCUT2D eigenvalue weighted by Crippen LogP contribution is -2.28. The maximum atomic E-state index is 13.0. The van der Waals surface area contributed by atoms with Crippen molar-refractivity contribution >= 4 is 11.6 Å². The summed E-state index contributed by atoms with van der Waals surface area (Å²) < 4.78 is 55.2. The summed E-state index contributed by atoms with van der Waals surface area (Å²) in [7, 11) is 1.54. The van der Waals surface area contributed by atoms with E-state index in [1.807, 2.05) is 13.0 Å². The first-order valence-corrected chi connectivity index (χ1v) is 9.14. The Morgan fingerprint density at radius 3 is 2.59 bits per heavy atom. The van der Waals surface area contributed by atoms with Crippen molar-refractivity contribution in [3.8, 4) is 11.5 Å². The molecule has 2 aromatic carbocycles. The van der Waals surface area contributed by atoms with Crippen LogP contribution in [0.25, 0.3) is 0 Å². The average molecular weight is 411 g/mol. The van der Waals surface area contributed by atoms with Crippen LogP contribution in [-0.2, 0) is 22.3 Å². The van der Waals surface area contributed by atoms with Crippen molar-refractivity contribution in [1.29, 1.82) is 0 Å².